The van der Waals surface area contributed by atoms with Gasteiger partial charge in [0.05, 0.1) is 6.20 Å². The lowest BCUT2D eigenvalue weighted by Gasteiger charge is -2.40. The molecular weight excluding hydrogens is 407 g/mol. The van der Waals surface area contributed by atoms with Crippen molar-refractivity contribution in [2.45, 2.75) is 19.4 Å². The average molecular weight is 428 g/mol. The Hall–Kier alpha value is -4.07. The van der Waals surface area contributed by atoms with Crippen molar-refractivity contribution >= 4 is 23.1 Å². The molecule has 8 heteroatoms. The topological polar surface area (TPSA) is 67.2 Å². The summed E-state index contributed by atoms with van der Waals surface area (Å²) in [6.45, 7) is 1.99. The molecule has 32 heavy (non-hydrogen) atoms. The van der Waals surface area contributed by atoms with Gasteiger partial charge in [0.1, 0.15) is 23.4 Å². The Labute approximate surface area is 184 Å². The van der Waals surface area contributed by atoms with Crippen molar-refractivity contribution in [1.82, 2.24) is 19.5 Å². The molecule has 1 unspecified atom stereocenters. The summed E-state index contributed by atoms with van der Waals surface area (Å²) >= 11 is 0. The summed E-state index contributed by atoms with van der Waals surface area (Å²) in [5.74, 6) is 1.35. The highest BCUT2D eigenvalue weighted by Crippen LogP contribution is 2.39. The first-order valence-corrected chi connectivity index (χ1v) is 10.4. The van der Waals surface area contributed by atoms with Crippen molar-refractivity contribution < 1.29 is 9.18 Å². The number of benzene rings is 2. The van der Waals surface area contributed by atoms with E-state index >= 15 is 0 Å². The number of hydrogen-bond donors (Lipinski definition) is 0. The van der Waals surface area contributed by atoms with Crippen LogP contribution in [-0.2, 0) is 4.79 Å². The number of imidazole rings is 1. The Kier molecular flexibility index (Phi) is 4.89. The third-order valence-corrected chi connectivity index (χ3v) is 5.63. The molecule has 0 saturated heterocycles. The van der Waals surface area contributed by atoms with Gasteiger partial charge in [-0.25, -0.2) is 14.4 Å². The molecule has 0 N–H and O–H groups in total. The Morgan fingerprint density at radius 1 is 1.03 bits per heavy atom. The summed E-state index contributed by atoms with van der Waals surface area (Å²) in [6, 6.07) is 15.5. The normalized spacial score (nSPS) is 15.7. The van der Waals surface area contributed by atoms with E-state index in [2.05, 4.69) is 9.97 Å². The molecule has 160 valence electrons. The predicted molar refractivity (Wildman–Crippen MR) is 121 cm³/mol. The zero-order chi connectivity index (χ0) is 22.2. The van der Waals surface area contributed by atoms with E-state index in [4.69, 9.17) is 4.98 Å². The van der Waals surface area contributed by atoms with E-state index in [1.165, 1.54) is 12.1 Å². The third-order valence-electron chi connectivity index (χ3n) is 5.63. The summed E-state index contributed by atoms with van der Waals surface area (Å²) in [5.41, 5.74) is 2.27. The number of halogens is 1. The fraction of sp³-hybridized carbons (Fsp3) is 0.167. The number of fused-ring (bicyclic) bond motifs is 1. The van der Waals surface area contributed by atoms with Crippen molar-refractivity contribution in [3.8, 4) is 17.3 Å². The Balaban J connectivity index is 1.66. The van der Waals surface area contributed by atoms with Crippen LogP contribution < -0.4 is 9.80 Å². The Bertz CT molecular complexity index is 1270. The second kappa shape index (κ2) is 7.88. The Morgan fingerprint density at radius 2 is 1.78 bits per heavy atom. The minimum absolute atomic E-state index is 0.00478. The summed E-state index contributed by atoms with van der Waals surface area (Å²) in [7, 11) is 1.75. The number of nitrogens with zero attached hydrogens (tertiary/aromatic N) is 6. The van der Waals surface area contributed by atoms with E-state index in [0.29, 0.717) is 29.7 Å². The number of likely N-dealkylation sites (N-methyl/N-ethyl adjacent to an activating group) is 1. The van der Waals surface area contributed by atoms with E-state index in [-0.39, 0.29) is 17.8 Å². The van der Waals surface area contributed by atoms with Crippen molar-refractivity contribution in [2.24, 2.45) is 0 Å². The number of anilines is 3. The lowest BCUT2D eigenvalue weighted by molar-refractivity contribution is -0.119. The first-order valence-electron chi connectivity index (χ1n) is 10.4. The molecule has 0 radical (unpaired) electrons. The van der Waals surface area contributed by atoms with Crippen molar-refractivity contribution in [3.63, 3.8) is 0 Å². The fourth-order valence-electron chi connectivity index (χ4n) is 4.01. The van der Waals surface area contributed by atoms with Crippen LogP contribution in [0.1, 0.15) is 13.3 Å². The number of para-hydroxylation sites is 1. The maximum Gasteiger partial charge on any atom is 0.250 e. The number of amides is 1. The molecule has 0 fully saturated rings. The van der Waals surface area contributed by atoms with Gasteiger partial charge in [0.25, 0.3) is 0 Å². The Morgan fingerprint density at radius 3 is 2.50 bits per heavy atom. The van der Waals surface area contributed by atoms with Gasteiger partial charge in [-0.15, -0.1) is 0 Å². The van der Waals surface area contributed by atoms with Gasteiger partial charge in [-0.2, -0.15) is 4.98 Å². The van der Waals surface area contributed by atoms with E-state index in [1.807, 2.05) is 42.2 Å². The number of aromatic nitrogens is 4. The molecule has 0 saturated carbocycles. The molecule has 3 heterocycles. The number of hydrogen-bond acceptors (Lipinski definition) is 5. The molecule has 1 aliphatic heterocycles. The SMILES string of the molecule is CCC1C(=O)N(C)c2cnc(-n3ccnc3-c3ccc(F)cc3)nc2N1c1ccccc1. The molecule has 0 bridgehead atoms. The largest absolute Gasteiger partial charge is 0.312 e. The highest BCUT2D eigenvalue weighted by Gasteiger charge is 2.38. The van der Waals surface area contributed by atoms with Gasteiger partial charge >= 0.3 is 0 Å². The average Bonchev–Trinajstić information content (AvgIpc) is 3.32. The molecule has 0 aliphatic carbocycles. The van der Waals surface area contributed by atoms with Crippen molar-refractivity contribution in [1.29, 1.82) is 0 Å². The zero-order valence-corrected chi connectivity index (χ0v) is 17.7. The van der Waals surface area contributed by atoms with Crippen LogP contribution in [0, 0.1) is 5.82 Å². The van der Waals surface area contributed by atoms with Gasteiger partial charge < -0.3 is 9.80 Å². The molecule has 2 aromatic carbocycles. The molecule has 1 aliphatic rings. The van der Waals surface area contributed by atoms with Gasteiger partial charge in [0.2, 0.25) is 11.9 Å². The van der Waals surface area contributed by atoms with Crippen LogP contribution in [0.3, 0.4) is 0 Å². The summed E-state index contributed by atoms with van der Waals surface area (Å²) in [6.07, 6.45) is 5.71. The monoisotopic (exact) mass is 428 g/mol. The highest BCUT2D eigenvalue weighted by molar-refractivity contribution is 6.06. The van der Waals surface area contributed by atoms with Gasteiger partial charge in [0, 0.05) is 30.7 Å². The maximum absolute atomic E-state index is 13.4. The smallest absolute Gasteiger partial charge is 0.250 e. The molecule has 4 aromatic rings. The number of carbonyl (C=O) groups excluding carboxylic acids is 1. The quantitative estimate of drug-likeness (QED) is 0.483. The summed E-state index contributed by atoms with van der Waals surface area (Å²) in [4.78, 5) is 30.5. The van der Waals surface area contributed by atoms with Crippen LogP contribution >= 0.6 is 0 Å². The number of carbonyl (C=O) groups is 1. The van der Waals surface area contributed by atoms with Crippen LogP contribution in [0.5, 0.6) is 0 Å². The van der Waals surface area contributed by atoms with Crippen molar-refractivity contribution in [2.75, 3.05) is 16.8 Å². The second-order valence-corrected chi connectivity index (χ2v) is 7.53. The molecule has 1 amide bonds. The van der Waals surface area contributed by atoms with Crippen molar-refractivity contribution in [3.05, 3.63) is 79.0 Å². The minimum Gasteiger partial charge on any atom is -0.312 e. The first kappa shape index (κ1) is 19.9. The zero-order valence-electron chi connectivity index (χ0n) is 17.7. The third kappa shape index (κ3) is 3.20. The van der Waals surface area contributed by atoms with Crippen LogP contribution in [0.2, 0.25) is 0 Å². The van der Waals surface area contributed by atoms with E-state index in [9.17, 15) is 9.18 Å². The van der Waals surface area contributed by atoms with Crippen LogP contribution in [0.4, 0.5) is 21.6 Å². The van der Waals surface area contributed by atoms with Crippen LogP contribution in [0.25, 0.3) is 17.3 Å². The standard InChI is InChI=1S/C24H21FN6O/c1-3-19-23(32)29(2)20-15-27-24(28-22(20)31(19)18-7-5-4-6-8-18)30-14-13-26-21(30)16-9-11-17(25)12-10-16/h4-15,19H,3H2,1-2H3. The summed E-state index contributed by atoms with van der Waals surface area (Å²) < 4.78 is 15.2. The molecule has 2 aromatic heterocycles. The van der Waals surface area contributed by atoms with Gasteiger partial charge in [-0.05, 0) is 42.8 Å². The van der Waals surface area contributed by atoms with Gasteiger partial charge in [-0.1, -0.05) is 25.1 Å². The molecule has 7 nitrogen and oxygen atoms in total. The van der Waals surface area contributed by atoms with Gasteiger partial charge in [-0.3, -0.25) is 9.36 Å². The van der Waals surface area contributed by atoms with Crippen LogP contribution in [-0.4, -0.2) is 38.5 Å². The molecular formula is C24H21FN6O. The molecule has 0 spiro atoms. The summed E-state index contributed by atoms with van der Waals surface area (Å²) in [5, 5.41) is 0. The first-order chi connectivity index (χ1) is 15.6. The second-order valence-electron chi connectivity index (χ2n) is 7.53. The molecule has 5 rings (SSSR count). The molecule has 1 atom stereocenters. The predicted octanol–water partition coefficient (Wildman–Crippen LogP) is 4.36. The maximum atomic E-state index is 13.4. The van der Waals surface area contributed by atoms with Crippen LogP contribution in [0.15, 0.2) is 73.2 Å². The number of rotatable bonds is 4. The highest BCUT2D eigenvalue weighted by atomic mass is 19.1. The lowest BCUT2D eigenvalue weighted by Crippen LogP contribution is -2.50. The minimum atomic E-state index is -0.378. The fourth-order valence-corrected chi connectivity index (χ4v) is 4.01. The lowest BCUT2D eigenvalue weighted by atomic mass is 10.1. The van der Waals surface area contributed by atoms with E-state index < -0.39 is 0 Å². The van der Waals surface area contributed by atoms with E-state index in [0.717, 1.165) is 11.3 Å². The van der Waals surface area contributed by atoms with Gasteiger partial charge in [0.15, 0.2) is 5.82 Å². The van der Waals surface area contributed by atoms with E-state index in [1.54, 1.807) is 47.2 Å².